The molecular weight excluding hydrogens is 437 g/mol. The molecular formula is C26H30FN3O2S. The predicted octanol–water partition coefficient (Wildman–Crippen LogP) is 4.47. The van der Waals surface area contributed by atoms with Crippen LogP contribution in [-0.4, -0.2) is 73.0 Å². The minimum Gasteiger partial charge on any atom is -0.489 e. The topological polar surface area (TPSA) is 36.0 Å². The summed E-state index contributed by atoms with van der Waals surface area (Å²) in [6.45, 7) is 7.95. The summed E-state index contributed by atoms with van der Waals surface area (Å²) < 4.78 is 21.5. The number of ether oxygens (including phenoxy) is 1. The lowest BCUT2D eigenvalue weighted by Crippen LogP contribution is -2.50. The molecule has 1 aromatic heterocycles. The first kappa shape index (κ1) is 22.3. The number of halogens is 1. The van der Waals surface area contributed by atoms with Crippen LogP contribution in [0.15, 0.2) is 48.5 Å². The van der Waals surface area contributed by atoms with Gasteiger partial charge in [-0.3, -0.25) is 9.69 Å². The van der Waals surface area contributed by atoms with Gasteiger partial charge in [0.1, 0.15) is 18.2 Å². The Kier molecular flexibility index (Phi) is 6.90. The number of rotatable bonds is 7. The molecule has 0 saturated carbocycles. The van der Waals surface area contributed by atoms with Crippen LogP contribution in [0, 0.1) is 5.82 Å². The van der Waals surface area contributed by atoms with Gasteiger partial charge in [0, 0.05) is 54.9 Å². The van der Waals surface area contributed by atoms with Gasteiger partial charge in [-0.2, -0.15) is 0 Å². The van der Waals surface area contributed by atoms with Gasteiger partial charge in [0.05, 0.1) is 4.88 Å². The number of para-hydroxylation sites is 1. The van der Waals surface area contributed by atoms with Crippen molar-refractivity contribution in [2.45, 2.75) is 19.4 Å². The Morgan fingerprint density at radius 2 is 1.58 bits per heavy atom. The van der Waals surface area contributed by atoms with E-state index < -0.39 is 0 Å². The van der Waals surface area contributed by atoms with Crippen molar-refractivity contribution in [1.82, 2.24) is 14.7 Å². The van der Waals surface area contributed by atoms with Crippen LogP contribution >= 0.6 is 11.3 Å². The molecule has 2 aliphatic heterocycles. The van der Waals surface area contributed by atoms with Crippen LogP contribution in [0.5, 0.6) is 5.75 Å². The van der Waals surface area contributed by atoms with Gasteiger partial charge in [-0.1, -0.05) is 24.3 Å². The molecule has 5 nitrogen and oxygen atoms in total. The Labute approximate surface area is 198 Å². The van der Waals surface area contributed by atoms with Gasteiger partial charge in [-0.05, 0) is 50.2 Å². The maximum absolute atomic E-state index is 14.8. The molecule has 2 saturated heterocycles. The predicted molar refractivity (Wildman–Crippen MR) is 131 cm³/mol. The van der Waals surface area contributed by atoms with E-state index in [1.165, 1.54) is 43.3 Å². The van der Waals surface area contributed by atoms with E-state index in [1.54, 1.807) is 6.07 Å². The number of nitrogens with zero attached hydrogens (tertiary/aromatic N) is 3. The summed E-state index contributed by atoms with van der Waals surface area (Å²) in [5, 5.41) is 0.506. The molecule has 1 amide bonds. The Hall–Kier alpha value is -2.48. The number of carbonyl (C=O) groups is 1. The molecule has 0 aliphatic carbocycles. The summed E-state index contributed by atoms with van der Waals surface area (Å²) in [5.41, 5.74) is 0.651. The molecule has 2 fully saturated rings. The molecule has 0 spiro atoms. The molecule has 0 N–H and O–H groups in total. The molecule has 0 atom stereocenters. The van der Waals surface area contributed by atoms with Gasteiger partial charge < -0.3 is 14.5 Å². The highest BCUT2D eigenvalue weighted by Gasteiger charge is 2.28. The number of carbonyl (C=O) groups excluding carboxylic acids is 1. The number of hydrogen-bond donors (Lipinski definition) is 0. The maximum atomic E-state index is 14.8. The van der Waals surface area contributed by atoms with Gasteiger partial charge >= 0.3 is 0 Å². The summed E-state index contributed by atoms with van der Waals surface area (Å²) in [4.78, 5) is 21.0. The lowest BCUT2D eigenvalue weighted by atomic mass is 10.1. The highest BCUT2D eigenvalue weighted by molar-refractivity contribution is 7.21. The van der Waals surface area contributed by atoms with Crippen LogP contribution in [0.3, 0.4) is 0 Å². The fraction of sp³-hybridized carbons (Fsp3) is 0.423. The number of benzene rings is 2. The van der Waals surface area contributed by atoms with E-state index in [2.05, 4.69) is 9.80 Å². The van der Waals surface area contributed by atoms with Crippen LogP contribution in [0.25, 0.3) is 10.1 Å². The minimum atomic E-state index is -0.304. The SMILES string of the molecule is O=C(c1sc2cccc(F)c2c1COc1ccccc1)N1CCN(CCN2CCCC2)CC1. The standard InChI is InChI=1S/C26H30FN3O2S/c27-22-9-6-10-23-24(22)21(19-32-20-7-2-1-3-8-20)25(33-23)26(31)30-17-15-29(16-18-30)14-13-28-11-4-5-12-28/h1-3,6-10H,4-5,11-19H2. The van der Waals surface area contributed by atoms with E-state index >= 15 is 0 Å². The summed E-state index contributed by atoms with van der Waals surface area (Å²) in [6, 6.07) is 14.5. The van der Waals surface area contributed by atoms with Crippen molar-refractivity contribution in [3.8, 4) is 5.75 Å². The van der Waals surface area contributed by atoms with Crippen LogP contribution < -0.4 is 4.74 Å². The first-order chi connectivity index (χ1) is 16.2. The number of hydrogen-bond acceptors (Lipinski definition) is 5. The first-order valence-electron chi connectivity index (χ1n) is 11.8. The van der Waals surface area contributed by atoms with Crippen molar-refractivity contribution in [1.29, 1.82) is 0 Å². The lowest BCUT2D eigenvalue weighted by Gasteiger charge is -2.35. The zero-order valence-electron chi connectivity index (χ0n) is 18.8. The fourth-order valence-electron chi connectivity index (χ4n) is 4.76. The second-order valence-electron chi connectivity index (χ2n) is 8.81. The Morgan fingerprint density at radius 1 is 0.879 bits per heavy atom. The summed E-state index contributed by atoms with van der Waals surface area (Å²) >= 11 is 1.37. The number of likely N-dealkylation sites (tertiary alicyclic amines) is 1. The molecule has 2 aliphatic rings. The van der Waals surface area contributed by atoms with E-state index in [0.717, 1.165) is 30.9 Å². The molecule has 2 aromatic carbocycles. The molecule has 33 heavy (non-hydrogen) atoms. The molecule has 7 heteroatoms. The second kappa shape index (κ2) is 10.2. The van der Waals surface area contributed by atoms with Gasteiger partial charge in [-0.15, -0.1) is 11.3 Å². The van der Waals surface area contributed by atoms with Crippen molar-refractivity contribution < 1.29 is 13.9 Å². The minimum absolute atomic E-state index is 0.0125. The van der Waals surface area contributed by atoms with Crippen LogP contribution in [0.1, 0.15) is 28.1 Å². The molecule has 3 aromatic rings. The Balaban J connectivity index is 1.29. The number of fused-ring (bicyclic) bond motifs is 1. The molecule has 0 bridgehead atoms. The first-order valence-corrected chi connectivity index (χ1v) is 12.6. The van der Waals surface area contributed by atoms with Crippen LogP contribution in [0.4, 0.5) is 4.39 Å². The van der Waals surface area contributed by atoms with Crippen molar-refractivity contribution in [3.05, 3.63) is 64.8 Å². The summed E-state index contributed by atoms with van der Waals surface area (Å²) in [6.07, 6.45) is 2.63. The Bertz CT molecular complexity index is 1090. The molecule has 3 heterocycles. The van der Waals surface area contributed by atoms with Crippen molar-refractivity contribution in [2.24, 2.45) is 0 Å². The zero-order chi connectivity index (χ0) is 22.6. The normalized spacial score (nSPS) is 17.7. The lowest BCUT2D eigenvalue weighted by molar-refractivity contribution is 0.0629. The maximum Gasteiger partial charge on any atom is 0.264 e. The summed E-state index contributed by atoms with van der Waals surface area (Å²) in [7, 11) is 0. The molecule has 174 valence electrons. The average Bonchev–Trinajstić information content (AvgIpc) is 3.50. The monoisotopic (exact) mass is 467 g/mol. The summed E-state index contributed by atoms with van der Waals surface area (Å²) in [5.74, 6) is 0.390. The van der Waals surface area contributed by atoms with E-state index in [0.29, 0.717) is 34.7 Å². The largest absolute Gasteiger partial charge is 0.489 e. The van der Waals surface area contributed by atoms with Crippen molar-refractivity contribution in [3.63, 3.8) is 0 Å². The highest BCUT2D eigenvalue weighted by Crippen LogP contribution is 2.35. The second-order valence-corrected chi connectivity index (χ2v) is 9.86. The average molecular weight is 468 g/mol. The van der Waals surface area contributed by atoms with Crippen molar-refractivity contribution >= 4 is 27.3 Å². The van der Waals surface area contributed by atoms with Gasteiger partial charge in [-0.25, -0.2) is 4.39 Å². The number of amides is 1. The number of piperazine rings is 1. The number of thiophene rings is 1. The molecule has 0 unspecified atom stereocenters. The van der Waals surface area contributed by atoms with E-state index in [9.17, 15) is 9.18 Å². The van der Waals surface area contributed by atoms with Crippen LogP contribution in [-0.2, 0) is 6.61 Å². The van der Waals surface area contributed by atoms with E-state index in [1.807, 2.05) is 41.3 Å². The highest BCUT2D eigenvalue weighted by atomic mass is 32.1. The van der Waals surface area contributed by atoms with Gasteiger partial charge in [0.25, 0.3) is 5.91 Å². The zero-order valence-corrected chi connectivity index (χ0v) is 19.7. The fourth-order valence-corrected chi connectivity index (χ4v) is 5.95. The van der Waals surface area contributed by atoms with Crippen LogP contribution in [0.2, 0.25) is 0 Å². The smallest absolute Gasteiger partial charge is 0.264 e. The molecule has 5 rings (SSSR count). The molecule has 0 radical (unpaired) electrons. The Morgan fingerprint density at radius 3 is 2.30 bits per heavy atom. The third-order valence-corrected chi connectivity index (χ3v) is 7.86. The third-order valence-electron chi connectivity index (χ3n) is 6.67. The van der Waals surface area contributed by atoms with Crippen molar-refractivity contribution in [2.75, 3.05) is 52.4 Å². The van der Waals surface area contributed by atoms with Gasteiger partial charge in [0.2, 0.25) is 0 Å². The quantitative estimate of drug-likeness (QED) is 0.514. The third kappa shape index (κ3) is 5.05. The van der Waals surface area contributed by atoms with E-state index in [4.69, 9.17) is 4.74 Å². The van der Waals surface area contributed by atoms with E-state index in [-0.39, 0.29) is 18.3 Å². The van der Waals surface area contributed by atoms with Gasteiger partial charge in [0.15, 0.2) is 0 Å².